The van der Waals surface area contributed by atoms with Crippen LogP contribution in [0.25, 0.3) is 0 Å². The first kappa shape index (κ1) is 21.2. The summed E-state index contributed by atoms with van der Waals surface area (Å²) in [7, 11) is -3.72. The Hall–Kier alpha value is -3.00. The molecule has 1 amide bonds. The number of carbonyl (C=O) groups excluding carboxylic acids is 1. The van der Waals surface area contributed by atoms with Crippen molar-refractivity contribution >= 4 is 33.1 Å². The first-order chi connectivity index (χ1) is 14.9. The van der Waals surface area contributed by atoms with Gasteiger partial charge in [0.1, 0.15) is 5.82 Å². The van der Waals surface area contributed by atoms with E-state index in [0.717, 1.165) is 5.56 Å². The van der Waals surface area contributed by atoms with Crippen LogP contribution in [0, 0.1) is 18.3 Å². The smallest absolute Gasteiger partial charge is 0.256 e. The van der Waals surface area contributed by atoms with Gasteiger partial charge in [0.2, 0.25) is 10.0 Å². The van der Waals surface area contributed by atoms with Crippen molar-refractivity contribution in [3.8, 4) is 6.07 Å². The normalized spacial score (nSPS) is 14.1. The average molecular weight is 456 g/mol. The molecule has 0 saturated heterocycles. The van der Waals surface area contributed by atoms with E-state index in [1.54, 1.807) is 41.1 Å². The largest absolute Gasteiger partial charge is 0.307 e. The number of thiophene rings is 1. The molecule has 0 saturated carbocycles. The van der Waals surface area contributed by atoms with E-state index in [1.807, 2.05) is 11.4 Å². The molecule has 31 heavy (non-hydrogen) atoms. The number of rotatable bonds is 6. The summed E-state index contributed by atoms with van der Waals surface area (Å²) in [4.78, 5) is 14.1. The number of aromatic nitrogens is 2. The van der Waals surface area contributed by atoms with E-state index in [1.165, 1.54) is 21.3 Å². The molecule has 3 heterocycles. The van der Waals surface area contributed by atoms with Gasteiger partial charge in [-0.3, -0.25) is 4.79 Å². The number of hydrogen-bond acceptors (Lipinski definition) is 6. The summed E-state index contributed by atoms with van der Waals surface area (Å²) in [5, 5.41) is 17.8. The van der Waals surface area contributed by atoms with Gasteiger partial charge in [-0.15, -0.1) is 11.3 Å². The van der Waals surface area contributed by atoms with Crippen molar-refractivity contribution in [1.82, 2.24) is 14.1 Å². The predicted molar refractivity (Wildman–Crippen MR) is 117 cm³/mol. The maximum atomic E-state index is 13.2. The predicted octanol–water partition coefficient (Wildman–Crippen LogP) is 3.17. The fourth-order valence-electron chi connectivity index (χ4n) is 3.54. The number of nitrogens with zero attached hydrogens (tertiary/aromatic N) is 4. The molecule has 160 valence electrons. The molecule has 0 radical (unpaired) electrons. The molecular formula is C21H21N5O3S2. The molecule has 0 spiro atoms. The van der Waals surface area contributed by atoms with E-state index in [0.29, 0.717) is 37.6 Å². The fraction of sp³-hybridized carbons (Fsp3) is 0.286. The second kappa shape index (κ2) is 8.63. The van der Waals surface area contributed by atoms with Crippen LogP contribution >= 0.6 is 11.3 Å². The van der Waals surface area contributed by atoms with E-state index in [-0.39, 0.29) is 16.9 Å². The highest BCUT2D eigenvalue weighted by molar-refractivity contribution is 7.89. The Bertz CT molecular complexity index is 1270. The molecule has 8 nitrogen and oxygen atoms in total. The summed E-state index contributed by atoms with van der Waals surface area (Å²) >= 11 is 1.65. The average Bonchev–Trinajstić information content (AvgIpc) is 3.37. The third-order valence-corrected chi connectivity index (χ3v) is 7.95. The van der Waals surface area contributed by atoms with Crippen LogP contribution in [0.15, 0.2) is 46.7 Å². The monoisotopic (exact) mass is 455 g/mol. The Labute approximate surface area is 184 Å². The second-order valence-corrected chi connectivity index (χ2v) is 10.2. The van der Waals surface area contributed by atoms with E-state index in [9.17, 15) is 13.2 Å². The van der Waals surface area contributed by atoms with Crippen molar-refractivity contribution in [3.63, 3.8) is 0 Å². The number of nitrogens with one attached hydrogen (secondary N) is 1. The second-order valence-electron chi connectivity index (χ2n) is 7.24. The Morgan fingerprint density at radius 1 is 1.32 bits per heavy atom. The van der Waals surface area contributed by atoms with Crippen molar-refractivity contribution in [2.24, 2.45) is 0 Å². The number of benzene rings is 1. The van der Waals surface area contributed by atoms with Gasteiger partial charge in [0, 0.05) is 29.6 Å². The lowest BCUT2D eigenvalue weighted by Crippen LogP contribution is -2.35. The number of amides is 1. The molecule has 3 aromatic rings. The standard InChI is InChI=1S/C21H21N5O3S2/c1-15-12-20(26(24-15)9-3-8-22)23-21(27)16-4-2-5-18(13-16)31(28,29)25-10-6-19-17(14-25)7-11-30-19/h2,4-5,7,11-13H,3,6,9-10,14H2,1H3,(H,23,27). The SMILES string of the molecule is Cc1cc(NC(=O)c2cccc(S(=O)(=O)N3CCc4sccc4C3)c2)n(CCC#N)n1. The molecule has 10 heteroatoms. The molecule has 1 aromatic carbocycles. The number of carbonyl (C=O) groups is 1. The summed E-state index contributed by atoms with van der Waals surface area (Å²) in [5.41, 5.74) is 1.98. The van der Waals surface area contributed by atoms with Gasteiger partial charge in [0.15, 0.2) is 0 Å². The highest BCUT2D eigenvalue weighted by atomic mass is 32.2. The Balaban J connectivity index is 1.55. The molecule has 0 bridgehead atoms. The number of nitriles is 1. The molecule has 0 aliphatic carbocycles. The van der Waals surface area contributed by atoms with Crippen molar-refractivity contribution in [3.05, 3.63) is 63.5 Å². The molecule has 0 unspecified atom stereocenters. The van der Waals surface area contributed by atoms with Crippen molar-refractivity contribution < 1.29 is 13.2 Å². The maximum absolute atomic E-state index is 13.2. The minimum absolute atomic E-state index is 0.0907. The minimum atomic E-state index is -3.72. The Morgan fingerprint density at radius 3 is 2.97 bits per heavy atom. The van der Waals surface area contributed by atoms with Crippen LogP contribution in [0.4, 0.5) is 5.82 Å². The third-order valence-electron chi connectivity index (χ3n) is 5.09. The summed E-state index contributed by atoms with van der Waals surface area (Å²) in [6.45, 7) is 2.91. The fourth-order valence-corrected chi connectivity index (χ4v) is 5.89. The van der Waals surface area contributed by atoms with Gasteiger partial charge >= 0.3 is 0 Å². The molecule has 1 aliphatic rings. The van der Waals surface area contributed by atoms with E-state index in [2.05, 4.69) is 16.5 Å². The van der Waals surface area contributed by atoms with Crippen LogP contribution in [0.2, 0.25) is 0 Å². The minimum Gasteiger partial charge on any atom is -0.307 e. The van der Waals surface area contributed by atoms with Gasteiger partial charge in [-0.05, 0) is 48.6 Å². The molecule has 0 atom stereocenters. The number of sulfonamides is 1. The topological polar surface area (TPSA) is 108 Å². The highest BCUT2D eigenvalue weighted by Crippen LogP contribution is 2.28. The first-order valence-electron chi connectivity index (χ1n) is 9.76. The molecule has 2 aromatic heterocycles. The molecule has 1 N–H and O–H groups in total. The lowest BCUT2D eigenvalue weighted by atomic mass is 10.1. The first-order valence-corrected chi connectivity index (χ1v) is 12.1. The lowest BCUT2D eigenvalue weighted by molar-refractivity contribution is 0.102. The zero-order chi connectivity index (χ0) is 22.0. The number of anilines is 1. The number of aryl methyl sites for hydroxylation is 2. The highest BCUT2D eigenvalue weighted by Gasteiger charge is 2.29. The van der Waals surface area contributed by atoms with Crippen LogP contribution in [-0.2, 0) is 29.5 Å². The molecule has 0 fully saturated rings. The van der Waals surface area contributed by atoms with Gasteiger partial charge < -0.3 is 5.32 Å². The van der Waals surface area contributed by atoms with E-state index < -0.39 is 15.9 Å². The van der Waals surface area contributed by atoms with Crippen LogP contribution < -0.4 is 5.32 Å². The van der Waals surface area contributed by atoms with Gasteiger partial charge in [-0.25, -0.2) is 13.1 Å². The van der Waals surface area contributed by atoms with Gasteiger partial charge in [0.25, 0.3) is 5.91 Å². The van der Waals surface area contributed by atoms with Gasteiger partial charge in [-0.1, -0.05) is 6.07 Å². The number of fused-ring (bicyclic) bond motifs is 1. The molecular weight excluding hydrogens is 434 g/mol. The Morgan fingerprint density at radius 2 is 2.16 bits per heavy atom. The number of hydrogen-bond donors (Lipinski definition) is 1. The molecule has 1 aliphatic heterocycles. The van der Waals surface area contributed by atoms with Crippen molar-refractivity contribution in [2.45, 2.75) is 37.8 Å². The van der Waals surface area contributed by atoms with Gasteiger partial charge in [0.05, 0.1) is 29.6 Å². The van der Waals surface area contributed by atoms with E-state index in [4.69, 9.17) is 5.26 Å². The summed E-state index contributed by atoms with van der Waals surface area (Å²) in [6.07, 6.45) is 0.956. The van der Waals surface area contributed by atoms with E-state index >= 15 is 0 Å². The molecule has 4 rings (SSSR count). The van der Waals surface area contributed by atoms with Crippen LogP contribution in [0.3, 0.4) is 0 Å². The maximum Gasteiger partial charge on any atom is 0.256 e. The van der Waals surface area contributed by atoms with Crippen molar-refractivity contribution in [2.75, 3.05) is 11.9 Å². The van der Waals surface area contributed by atoms with Crippen LogP contribution in [0.1, 0.15) is 32.9 Å². The zero-order valence-electron chi connectivity index (χ0n) is 16.9. The lowest BCUT2D eigenvalue weighted by Gasteiger charge is -2.26. The quantitative estimate of drug-likeness (QED) is 0.614. The van der Waals surface area contributed by atoms with Crippen molar-refractivity contribution in [1.29, 1.82) is 5.26 Å². The summed E-state index contributed by atoms with van der Waals surface area (Å²) in [6, 6.07) is 11.8. The third kappa shape index (κ3) is 4.39. The van der Waals surface area contributed by atoms with Crippen LogP contribution in [0.5, 0.6) is 0 Å². The Kier molecular flexibility index (Phi) is 5.91. The summed E-state index contributed by atoms with van der Waals surface area (Å²) < 4.78 is 29.4. The van der Waals surface area contributed by atoms with Gasteiger partial charge in [-0.2, -0.15) is 14.7 Å². The van der Waals surface area contributed by atoms with Crippen LogP contribution in [-0.4, -0.2) is 35.0 Å². The summed E-state index contributed by atoms with van der Waals surface area (Å²) in [5.74, 6) is 0.0287. The zero-order valence-corrected chi connectivity index (χ0v) is 18.5.